The van der Waals surface area contributed by atoms with Gasteiger partial charge in [-0.15, -0.1) is 0 Å². The Morgan fingerprint density at radius 1 is 1.04 bits per heavy atom. The van der Waals surface area contributed by atoms with Crippen molar-refractivity contribution in [2.75, 3.05) is 6.61 Å². The van der Waals surface area contributed by atoms with E-state index in [0.717, 1.165) is 25.7 Å². The molecule has 154 valence electrons. The number of benzene rings is 1. The lowest BCUT2D eigenvalue weighted by Gasteiger charge is -2.28. The van der Waals surface area contributed by atoms with Crippen molar-refractivity contribution in [3.63, 3.8) is 0 Å². The van der Waals surface area contributed by atoms with Crippen molar-refractivity contribution in [2.24, 2.45) is 0 Å². The Bertz CT molecular complexity index is 742. The summed E-state index contributed by atoms with van der Waals surface area (Å²) in [5, 5.41) is 9.24. The zero-order chi connectivity index (χ0) is 20.8. The van der Waals surface area contributed by atoms with Crippen molar-refractivity contribution in [1.82, 2.24) is 9.97 Å². The van der Waals surface area contributed by atoms with E-state index in [4.69, 9.17) is 4.74 Å². The number of rotatable bonds is 10. The summed E-state index contributed by atoms with van der Waals surface area (Å²) in [6, 6.07) is 5.78. The summed E-state index contributed by atoms with van der Waals surface area (Å²) >= 11 is 0. The maximum atomic E-state index is 13.9. The van der Waals surface area contributed by atoms with Crippen LogP contribution in [0.3, 0.4) is 0 Å². The van der Waals surface area contributed by atoms with E-state index in [1.54, 1.807) is 0 Å². The first-order valence-corrected chi connectivity index (χ1v) is 8.50. The third kappa shape index (κ3) is 5.77. The molecule has 0 spiro atoms. The highest BCUT2D eigenvalue weighted by Crippen LogP contribution is 2.38. The topological polar surface area (TPSA) is 73.7 Å². The zero-order valence-corrected chi connectivity index (χ0v) is 15.2. The molecule has 0 saturated heterocycles. The first-order chi connectivity index (χ1) is 13.1. The molecule has 1 unspecified atom stereocenters. The summed E-state index contributed by atoms with van der Waals surface area (Å²) in [5.41, 5.74) is 0.489. The van der Waals surface area contributed by atoms with Crippen molar-refractivity contribution < 1.29 is 36.9 Å². The van der Waals surface area contributed by atoms with Gasteiger partial charge in [0.2, 0.25) is 0 Å². The molecule has 10 heteroatoms. The van der Waals surface area contributed by atoms with Gasteiger partial charge in [0.05, 0.1) is 12.4 Å². The molecule has 2 aromatic rings. The van der Waals surface area contributed by atoms with Crippen LogP contribution in [0.1, 0.15) is 26.7 Å². The molecule has 0 saturated carbocycles. The lowest BCUT2D eigenvalue weighted by Crippen LogP contribution is -2.49. The predicted molar refractivity (Wildman–Crippen MR) is 91.1 cm³/mol. The van der Waals surface area contributed by atoms with E-state index in [2.05, 4.69) is 19.4 Å². The summed E-state index contributed by atoms with van der Waals surface area (Å²) in [6.07, 6.45) is -8.46. The molecule has 28 heavy (non-hydrogen) atoms. The van der Waals surface area contributed by atoms with E-state index in [0.29, 0.717) is 12.0 Å². The molecule has 0 aliphatic heterocycles. The Labute approximate surface area is 159 Å². The second kappa shape index (κ2) is 9.16. The van der Waals surface area contributed by atoms with Gasteiger partial charge in [-0.05, 0) is 37.6 Å². The Kier molecular flexibility index (Phi) is 7.14. The lowest BCUT2D eigenvalue weighted by molar-refractivity contribution is -0.434. The molecule has 0 fully saturated rings. The van der Waals surface area contributed by atoms with Gasteiger partial charge >= 0.3 is 12.2 Å². The molecule has 1 N–H and O–H groups in total. The number of hydrogen-bond donors (Lipinski definition) is 1. The number of phenolic OH excluding ortho intramolecular Hbond substituents is 1. The molecule has 0 amide bonds. The summed E-state index contributed by atoms with van der Waals surface area (Å²) in [6.45, 7) is 3.06. The molecule has 0 bridgehead atoms. The average molecular weight is 404 g/mol. The largest absolute Gasteiger partial charge is 0.508 e. The van der Waals surface area contributed by atoms with Crippen LogP contribution in [-0.2, 0) is 9.47 Å². The molecule has 0 aliphatic carbocycles. The number of phenols is 1. The van der Waals surface area contributed by atoms with E-state index in [1.807, 2.05) is 6.92 Å². The van der Waals surface area contributed by atoms with Gasteiger partial charge in [0, 0.05) is 12.2 Å². The van der Waals surface area contributed by atoms with Crippen LogP contribution in [0.4, 0.5) is 17.6 Å². The molecule has 6 nitrogen and oxygen atoms in total. The zero-order valence-electron chi connectivity index (χ0n) is 15.2. The van der Waals surface area contributed by atoms with Gasteiger partial charge in [0.25, 0.3) is 0 Å². The quantitative estimate of drug-likeness (QED) is 0.355. The molecule has 1 heterocycles. The Balaban J connectivity index is 2.02. The second-order valence-electron chi connectivity index (χ2n) is 5.83. The third-order valence-corrected chi connectivity index (χ3v) is 3.50. The fourth-order valence-corrected chi connectivity index (χ4v) is 2.04. The summed E-state index contributed by atoms with van der Waals surface area (Å²) < 4.78 is 68.3. The van der Waals surface area contributed by atoms with E-state index >= 15 is 0 Å². The molecule has 2 rings (SSSR count). The normalized spacial score (nSPS) is 13.4. The fraction of sp³-hybridized carbons (Fsp3) is 0.444. The minimum atomic E-state index is -4.97. The molecule has 1 aromatic carbocycles. The Hall–Kier alpha value is -2.46. The van der Waals surface area contributed by atoms with Crippen molar-refractivity contribution in [1.29, 1.82) is 0 Å². The van der Waals surface area contributed by atoms with E-state index in [9.17, 15) is 22.7 Å². The van der Waals surface area contributed by atoms with E-state index in [1.165, 1.54) is 24.3 Å². The highest BCUT2D eigenvalue weighted by molar-refractivity contribution is 5.55. The number of unbranched alkanes of at least 4 members (excludes halogenated alkanes) is 1. The SMILES string of the molecule is CCCCOC(C)OC(F)(F)C(F)(F)Oc1cnc(-c2ccc(O)cc2)nc1. The predicted octanol–water partition coefficient (Wildman–Crippen LogP) is 4.59. The molecule has 1 atom stereocenters. The number of halogens is 4. The van der Waals surface area contributed by atoms with Crippen LogP contribution < -0.4 is 4.74 Å². The van der Waals surface area contributed by atoms with Gasteiger partial charge in [-0.1, -0.05) is 13.3 Å². The summed E-state index contributed by atoms with van der Waals surface area (Å²) in [5.74, 6) is -0.509. The summed E-state index contributed by atoms with van der Waals surface area (Å²) in [7, 11) is 0. The smallest absolute Gasteiger partial charge is 0.494 e. The van der Waals surface area contributed by atoms with Crippen molar-refractivity contribution in [2.45, 2.75) is 45.2 Å². The van der Waals surface area contributed by atoms with Gasteiger partial charge in [0.15, 0.2) is 17.9 Å². The van der Waals surface area contributed by atoms with Gasteiger partial charge in [-0.25, -0.2) is 9.97 Å². The third-order valence-electron chi connectivity index (χ3n) is 3.50. The minimum absolute atomic E-state index is 0.0264. The van der Waals surface area contributed by atoms with Crippen LogP contribution in [0.5, 0.6) is 11.5 Å². The second-order valence-corrected chi connectivity index (χ2v) is 5.83. The fourth-order valence-electron chi connectivity index (χ4n) is 2.04. The lowest BCUT2D eigenvalue weighted by atomic mass is 10.2. The molecule has 1 aromatic heterocycles. The number of aromatic hydroxyl groups is 1. The number of ether oxygens (including phenoxy) is 3. The van der Waals surface area contributed by atoms with E-state index < -0.39 is 24.3 Å². The van der Waals surface area contributed by atoms with Gasteiger partial charge in [-0.3, -0.25) is 4.74 Å². The molecule has 0 aliphatic rings. The monoisotopic (exact) mass is 404 g/mol. The molecular weight excluding hydrogens is 384 g/mol. The number of alkyl halides is 4. The van der Waals surface area contributed by atoms with Gasteiger partial charge in [0.1, 0.15) is 5.75 Å². The highest BCUT2D eigenvalue weighted by Gasteiger charge is 2.62. The Morgan fingerprint density at radius 3 is 2.21 bits per heavy atom. The van der Waals surface area contributed by atoms with Gasteiger partial charge in [-0.2, -0.15) is 17.6 Å². The number of nitrogens with zero attached hydrogens (tertiary/aromatic N) is 2. The van der Waals surface area contributed by atoms with Crippen LogP contribution in [0.2, 0.25) is 0 Å². The van der Waals surface area contributed by atoms with Crippen LogP contribution >= 0.6 is 0 Å². The van der Waals surface area contributed by atoms with Crippen LogP contribution in [0.25, 0.3) is 11.4 Å². The maximum absolute atomic E-state index is 13.9. The average Bonchev–Trinajstić information content (AvgIpc) is 2.62. The first kappa shape index (κ1) is 21.8. The van der Waals surface area contributed by atoms with E-state index in [-0.39, 0.29) is 18.2 Å². The van der Waals surface area contributed by atoms with Crippen molar-refractivity contribution in [3.8, 4) is 22.9 Å². The highest BCUT2D eigenvalue weighted by atomic mass is 19.3. The number of aromatic nitrogens is 2. The molecule has 0 radical (unpaired) electrons. The minimum Gasteiger partial charge on any atom is -0.508 e. The van der Waals surface area contributed by atoms with Crippen LogP contribution in [0, 0.1) is 0 Å². The van der Waals surface area contributed by atoms with Crippen LogP contribution in [0.15, 0.2) is 36.7 Å². The van der Waals surface area contributed by atoms with Crippen molar-refractivity contribution >= 4 is 0 Å². The summed E-state index contributed by atoms with van der Waals surface area (Å²) in [4.78, 5) is 7.59. The maximum Gasteiger partial charge on any atom is 0.494 e. The van der Waals surface area contributed by atoms with Crippen LogP contribution in [-0.4, -0.2) is 40.2 Å². The first-order valence-electron chi connectivity index (χ1n) is 8.50. The molecular formula is C18H20F4N2O4. The van der Waals surface area contributed by atoms with Gasteiger partial charge < -0.3 is 14.6 Å². The standard InChI is InChI=1S/C18H20F4N2O4/c1-3-4-9-26-12(2)27-17(19,20)18(21,22)28-15-10-23-16(24-11-15)13-5-7-14(25)8-6-13/h5-8,10-12,25H,3-4,9H2,1-2H3. The number of hydrogen-bond acceptors (Lipinski definition) is 6. The van der Waals surface area contributed by atoms with Crippen molar-refractivity contribution in [3.05, 3.63) is 36.7 Å². The Morgan fingerprint density at radius 2 is 1.64 bits per heavy atom.